The van der Waals surface area contributed by atoms with E-state index in [-0.39, 0.29) is 18.3 Å². The zero-order valence-electron chi connectivity index (χ0n) is 21.3. The number of unbranched alkanes of at least 4 members (excludes halogenated alkanes) is 1. The van der Waals surface area contributed by atoms with Crippen LogP contribution in [0.1, 0.15) is 66.2 Å². The van der Waals surface area contributed by atoms with E-state index in [0.29, 0.717) is 38.0 Å². The maximum Gasteiger partial charge on any atom is 0.326 e. The molecule has 0 aromatic rings. The minimum atomic E-state index is -1.12. The Kier molecular flexibility index (Phi) is 16.6. The van der Waals surface area contributed by atoms with Crippen molar-refractivity contribution < 1.29 is 24.3 Å². The maximum absolute atomic E-state index is 13.1. The van der Waals surface area contributed by atoms with E-state index in [0.717, 1.165) is 6.42 Å². The van der Waals surface area contributed by atoms with Gasteiger partial charge in [0.1, 0.15) is 18.1 Å². The number of aliphatic carboxylic acids is 1. The van der Waals surface area contributed by atoms with Crippen LogP contribution in [-0.2, 0) is 19.2 Å². The average Bonchev–Trinajstić information content (AvgIpc) is 2.78. The van der Waals surface area contributed by atoms with E-state index in [9.17, 15) is 24.3 Å². The Morgan fingerprint density at radius 2 is 1.53 bits per heavy atom. The lowest BCUT2D eigenvalue weighted by Gasteiger charge is -2.28. The van der Waals surface area contributed by atoms with Crippen molar-refractivity contribution >= 4 is 35.5 Å². The topological polar surface area (TPSA) is 177 Å². The molecule has 0 aromatic carbocycles. The number of nitrogens with two attached hydrogens (primary N) is 2. The summed E-state index contributed by atoms with van der Waals surface area (Å²) >= 11 is 1.53. The van der Waals surface area contributed by atoms with Gasteiger partial charge >= 0.3 is 5.97 Å². The molecule has 0 spiro atoms. The smallest absolute Gasteiger partial charge is 0.326 e. The first-order chi connectivity index (χ1) is 16.0. The zero-order chi connectivity index (χ0) is 26.3. The number of rotatable bonds is 18. The van der Waals surface area contributed by atoms with Crippen molar-refractivity contribution in [1.82, 2.24) is 16.0 Å². The predicted octanol–water partition coefficient (Wildman–Crippen LogP) is 0.827. The van der Waals surface area contributed by atoms with Gasteiger partial charge in [0.2, 0.25) is 17.7 Å². The fraction of sp³-hybridized carbons (Fsp3) is 0.826. The van der Waals surface area contributed by atoms with Crippen LogP contribution in [-0.4, -0.2) is 71.5 Å². The van der Waals surface area contributed by atoms with Gasteiger partial charge in [-0.15, -0.1) is 0 Å². The molecule has 0 rings (SSSR count). The summed E-state index contributed by atoms with van der Waals surface area (Å²) in [7, 11) is 0. The standard InChI is InChI=1S/C23H45N5O5S/c1-6-15(4)19(22(31)27-18(23(32)33)13-14(2)3)28-21(30)17(10-12-34-5)26-20(29)16(25)9-7-8-11-24/h14-19H,6-13,24-25H2,1-5H3,(H,26,29)(H,27,31)(H,28,30)(H,32,33). The van der Waals surface area contributed by atoms with E-state index < -0.39 is 47.9 Å². The number of carbonyl (C=O) groups excluding carboxylic acids is 3. The highest BCUT2D eigenvalue weighted by Crippen LogP contribution is 2.12. The molecule has 10 nitrogen and oxygen atoms in total. The number of thioether (sulfide) groups is 1. The molecule has 0 aliphatic carbocycles. The minimum absolute atomic E-state index is 0.0678. The molecule has 198 valence electrons. The Hall–Kier alpha value is -1.85. The lowest BCUT2D eigenvalue weighted by Crippen LogP contribution is -2.58. The first kappa shape index (κ1) is 32.1. The summed E-state index contributed by atoms with van der Waals surface area (Å²) < 4.78 is 0. The Morgan fingerprint density at radius 1 is 0.912 bits per heavy atom. The van der Waals surface area contributed by atoms with Crippen molar-refractivity contribution in [3.8, 4) is 0 Å². The van der Waals surface area contributed by atoms with Gasteiger partial charge in [-0.1, -0.05) is 40.5 Å². The third-order valence-electron chi connectivity index (χ3n) is 5.66. The summed E-state index contributed by atoms with van der Waals surface area (Å²) in [6.45, 7) is 7.95. The predicted molar refractivity (Wildman–Crippen MR) is 136 cm³/mol. The number of carbonyl (C=O) groups is 4. The van der Waals surface area contributed by atoms with Gasteiger partial charge in [-0.2, -0.15) is 11.8 Å². The molecule has 0 saturated carbocycles. The molecule has 0 heterocycles. The van der Waals surface area contributed by atoms with Crippen molar-refractivity contribution in [3.63, 3.8) is 0 Å². The SMILES string of the molecule is CCC(C)C(NC(=O)C(CCSC)NC(=O)C(N)CCCCN)C(=O)NC(CC(C)C)C(=O)O. The van der Waals surface area contributed by atoms with E-state index in [1.165, 1.54) is 11.8 Å². The first-order valence-corrected chi connectivity index (χ1v) is 13.5. The lowest BCUT2D eigenvalue weighted by molar-refractivity contribution is -0.143. The van der Waals surface area contributed by atoms with Crippen LogP contribution in [0.15, 0.2) is 0 Å². The van der Waals surface area contributed by atoms with Crippen LogP contribution in [0, 0.1) is 11.8 Å². The third kappa shape index (κ3) is 12.6. The summed E-state index contributed by atoms with van der Waals surface area (Å²) in [5, 5.41) is 17.5. The van der Waals surface area contributed by atoms with E-state index in [2.05, 4.69) is 16.0 Å². The number of amides is 3. The Morgan fingerprint density at radius 3 is 2.03 bits per heavy atom. The van der Waals surface area contributed by atoms with Crippen molar-refractivity contribution in [2.24, 2.45) is 23.3 Å². The molecule has 0 fully saturated rings. The number of hydrogen-bond donors (Lipinski definition) is 6. The number of hydrogen-bond acceptors (Lipinski definition) is 7. The molecule has 0 saturated heterocycles. The van der Waals surface area contributed by atoms with E-state index in [1.807, 2.05) is 34.0 Å². The second-order valence-corrected chi connectivity index (χ2v) is 10.1. The van der Waals surface area contributed by atoms with Crippen LogP contribution in [0.5, 0.6) is 0 Å². The summed E-state index contributed by atoms with van der Waals surface area (Å²) in [4.78, 5) is 50.2. The molecule has 34 heavy (non-hydrogen) atoms. The molecule has 0 bridgehead atoms. The van der Waals surface area contributed by atoms with Gasteiger partial charge in [-0.25, -0.2) is 4.79 Å². The molecule has 0 aliphatic heterocycles. The van der Waals surface area contributed by atoms with E-state index in [1.54, 1.807) is 0 Å². The van der Waals surface area contributed by atoms with Crippen molar-refractivity contribution in [3.05, 3.63) is 0 Å². The molecule has 0 aromatic heterocycles. The van der Waals surface area contributed by atoms with Crippen LogP contribution in [0.4, 0.5) is 0 Å². The molecule has 11 heteroatoms. The molecule has 0 radical (unpaired) electrons. The quantitative estimate of drug-likeness (QED) is 0.149. The highest BCUT2D eigenvalue weighted by atomic mass is 32.2. The number of carboxylic acid groups (broad SMARTS) is 1. The molecular formula is C23H45N5O5S. The maximum atomic E-state index is 13.1. The number of carboxylic acids is 1. The molecule has 3 amide bonds. The van der Waals surface area contributed by atoms with Crippen molar-refractivity contribution in [2.45, 2.75) is 90.4 Å². The van der Waals surface area contributed by atoms with Gasteiger partial charge in [0.25, 0.3) is 0 Å². The Balaban J connectivity index is 5.43. The van der Waals surface area contributed by atoms with Crippen LogP contribution in [0.3, 0.4) is 0 Å². The van der Waals surface area contributed by atoms with E-state index >= 15 is 0 Å². The molecule has 8 N–H and O–H groups in total. The summed E-state index contributed by atoms with van der Waals surface area (Å²) in [5.74, 6) is -2.14. The van der Waals surface area contributed by atoms with Gasteiger partial charge in [0.05, 0.1) is 6.04 Å². The highest BCUT2D eigenvalue weighted by molar-refractivity contribution is 7.98. The van der Waals surface area contributed by atoms with Gasteiger partial charge in [-0.3, -0.25) is 14.4 Å². The largest absolute Gasteiger partial charge is 0.480 e. The van der Waals surface area contributed by atoms with Crippen molar-refractivity contribution in [2.75, 3.05) is 18.6 Å². The lowest BCUT2D eigenvalue weighted by atomic mass is 9.96. The van der Waals surface area contributed by atoms with Gasteiger partial charge in [0, 0.05) is 0 Å². The highest BCUT2D eigenvalue weighted by Gasteiger charge is 2.32. The van der Waals surface area contributed by atoms with Crippen LogP contribution in [0.2, 0.25) is 0 Å². The fourth-order valence-electron chi connectivity index (χ4n) is 3.33. The minimum Gasteiger partial charge on any atom is -0.480 e. The van der Waals surface area contributed by atoms with Crippen LogP contribution in [0.25, 0.3) is 0 Å². The fourth-order valence-corrected chi connectivity index (χ4v) is 3.80. The monoisotopic (exact) mass is 503 g/mol. The second kappa shape index (κ2) is 17.6. The normalized spacial score (nSPS) is 15.6. The average molecular weight is 504 g/mol. The second-order valence-electron chi connectivity index (χ2n) is 9.13. The zero-order valence-corrected chi connectivity index (χ0v) is 22.1. The van der Waals surface area contributed by atoms with Gasteiger partial charge in [-0.05, 0) is 56.1 Å². The van der Waals surface area contributed by atoms with Gasteiger partial charge in [0.15, 0.2) is 0 Å². The molecule has 5 atom stereocenters. The Bertz CT molecular complexity index is 649. The van der Waals surface area contributed by atoms with Crippen molar-refractivity contribution in [1.29, 1.82) is 0 Å². The molecule has 5 unspecified atom stereocenters. The third-order valence-corrected chi connectivity index (χ3v) is 6.31. The summed E-state index contributed by atoms with van der Waals surface area (Å²) in [6, 6.07) is -3.59. The van der Waals surface area contributed by atoms with Crippen LogP contribution < -0.4 is 27.4 Å². The summed E-state index contributed by atoms with van der Waals surface area (Å²) in [5.41, 5.74) is 11.4. The Labute approximate surface area is 208 Å². The number of nitrogens with one attached hydrogen (secondary N) is 3. The van der Waals surface area contributed by atoms with Gasteiger partial charge < -0.3 is 32.5 Å². The van der Waals surface area contributed by atoms with E-state index in [4.69, 9.17) is 11.5 Å². The summed E-state index contributed by atoms with van der Waals surface area (Å²) in [6.07, 6.45) is 5.07. The first-order valence-electron chi connectivity index (χ1n) is 12.1. The molecular weight excluding hydrogens is 458 g/mol. The molecule has 0 aliphatic rings. The van der Waals surface area contributed by atoms with Crippen LogP contribution >= 0.6 is 11.8 Å².